The van der Waals surface area contributed by atoms with Crippen molar-refractivity contribution < 1.29 is 9.59 Å². The fourth-order valence-corrected chi connectivity index (χ4v) is 6.28. The van der Waals surface area contributed by atoms with Gasteiger partial charge in [0.1, 0.15) is 6.04 Å². The molecule has 0 spiro atoms. The molecule has 0 bridgehead atoms. The van der Waals surface area contributed by atoms with Gasteiger partial charge in [0, 0.05) is 37.6 Å². The van der Waals surface area contributed by atoms with Gasteiger partial charge >= 0.3 is 0 Å². The van der Waals surface area contributed by atoms with Crippen LogP contribution >= 0.6 is 11.8 Å². The quantitative estimate of drug-likeness (QED) is 0.768. The summed E-state index contributed by atoms with van der Waals surface area (Å²) in [5.74, 6) is 3.65. The van der Waals surface area contributed by atoms with Crippen molar-refractivity contribution in [3.63, 3.8) is 0 Å². The van der Waals surface area contributed by atoms with E-state index in [2.05, 4.69) is 20.8 Å². The van der Waals surface area contributed by atoms with Gasteiger partial charge in [-0.1, -0.05) is 20.8 Å². The number of carbonyl (C=O) groups excluding carboxylic acids is 2. The van der Waals surface area contributed by atoms with Crippen LogP contribution in [0.5, 0.6) is 0 Å². The standard InChI is InChI=1S/C20H34N2O2S/c1-15-11-16(14-20(2,3)13-15)12-18(23)22-6-4-5-17(22)19(24)21-7-9-25-10-8-21/h15-17H,4-14H2,1-3H3. The summed E-state index contributed by atoms with van der Waals surface area (Å²) in [5, 5.41) is 0. The SMILES string of the molecule is CC1CC(CC(=O)N2CCCC2C(=O)N2CCSCC2)CC(C)(C)C1. The van der Waals surface area contributed by atoms with Gasteiger partial charge in [-0.3, -0.25) is 9.59 Å². The van der Waals surface area contributed by atoms with E-state index in [0.717, 1.165) is 56.8 Å². The van der Waals surface area contributed by atoms with E-state index in [9.17, 15) is 9.59 Å². The second kappa shape index (κ2) is 7.89. The van der Waals surface area contributed by atoms with Crippen molar-refractivity contribution in [1.29, 1.82) is 0 Å². The van der Waals surface area contributed by atoms with E-state index < -0.39 is 0 Å². The fourth-order valence-electron chi connectivity index (χ4n) is 5.38. The first kappa shape index (κ1) is 19.1. The summed E-state index contributed by atoms with van der Waals surface area (Å²) in [5.41, 5.74) is 0.342. The van der Waals surface area contributed by atoms with Crippen molar-refractivity contribution in [1.82, 2.24) is 9.80 Å². The lowest BCUT2D eigenvalue weighted by Gasteiger charge is -2.39. The molecule has 0 N–H and O–H groups in total. The molecule has 5 heteroatoms. The molecule has 2 saturated heterocycles. The summed E-state index contributed by atoms with van der Waals surface area (Å²) in [6.07, 6.45) is 6.00. The zero-order valence-electron chi connectivity index (χ0n) is 16.1. The van der Waals surface area contributed by atoms with E-state index in [1.165, 1.54) is 6.42 Å². The highest BCUT2D eigenvalue weighted by Crippen LogP contribution is 2.43. The molecule has 25 heavy (non-hydrogen) atoms. The Bertz CT molecular complexity index is 502. The normalized spacial score (nSPS) is 32.7. The number of rotatable bonds is 3. The number of hydrogen-bond acceptors (Lipinski definition) is 3. The van der Waals surface area contributed by atoms with Gasteiger partial charge in [-0.15, -0.1) is 0 Å². The summed E-state index contributed by atoms with van der Waals surface area (Å²) in [6, 6.07) is -0.190. The minimum Gasteiger partial charge on any atom is -0.339 e. The predicted molar refractivity (Wildman–Crippen MR) is 104 cm³/mol. The molecule has 2 heterocycles. The average molecular weight is 367 g/mol. The Hall–Kier alpha value is -0.710. The molecule has 0 aromatic heterocycles. The molecular weight excluding hydrogens is 332 g/mol. The molecule has 2 aliphatic heterocycles. The summed E-state index contributed by atoms with van der Waals surface area (Å²) in [4.78, 5) is 29.8. The highest BCUT2D eigenvalue weighted by Gasteiger charge is 2.39. The first-order valence-electron chi connectivity index (χ1n) is 10.0. The maximum atomic E-state index is 13.0. The average Bonchev–Trinajstić information content (AvgIpc) is 3.02. The van der Waals surface area contributed by atoms with E-state index in [1.54, 1.807) is 0 Å². The molecule has 0 aromatic carbocycles. The Morgan fingerprint density at radius 1 is 1.12 bits per heavy atom. The number of hydrogen-bond donors (Lipinski definition) is 0. The number of carbonyl (C=O) groups is 2. The largest absolute Gasteiger partial charge is 0.339 e. The zero-order valence-corrected chi connectivity index (χ0v) is 16.9. The summed E-state index contributed by atoms with van der Waals surface area (Å²) in [6.45, 7) is 9.43. The second-order valence-corrected chi connectivity index (χ2v) is 10.4. The van der Waals surface area contributed by atoms with Crippen molar-refractivity contribution >= 4 is 23.6 Å². The zero-order chi connectivity index (χ0) is 18.0. The van der Waals surface area contributed by atoms with Crippen molar-refractivity contribution in [2.45, 2.75) is 65.3 Å². The van der Waals surface area contributed by atoms with Crippen LogP contribution in [0.25, 0.3) is 0 Å². The van der Waals surface area contributed by atoms with Crippen LogP contribution in [0.3, 0.4) is 0 Å². The van der Waals surface area contributed by atoms with Gasteiger partial charge in [-0.2, -0.15) is 11.8 Å². The first-order chi connectivity index (χ1) is 11.9. The molecule has 4 nitrogen and oxygen atoms in total. The van der Waals surface area contributed by atoms with Crippen molar-refractivity contribution in [2.75, 3.05) is 31.1 Å². The van der Waals surface area contributed by atoms with E-state index in [0.29, 0.717) is 23.7 Å². The third-order valence-electron chi connectivity index (χ3n) is 6.12. The van der Waals surface area contributed by atoms with Crippen LogP contribution in [-0.2, 0) is 9.59 Å². The minimum atomic E-state index is -0.190. The summed E-state index contributed by atoms with van der Waals surface area (Å²) in [7, 11) is 0. The Morgan fingerprint density at radius 3 is 2.52 bits per heavy atom. The van der Waals surface area contributed by atoms with E-state index in [1.807, 2.05) is 21.6 Å². The molecule has 3 atom stereocenters. The van der Waals surface area contributed by atoms with Crippen LogP contribution in [0, 0.1) is 17.3 Å². The topological polar surface area (TPSA) is 40.6 Å². The molecule has 142 valence electrons. The molecule has 3 rings (SSSR count). The summed E-state index contributed by atoms with van der Waals surface area (Å²) < 4.78 is 0. The third-order valence-corrected chi connectivity index (χ3v) is 7.06. The van der Waals surface area contributed by atoms with Crippen LogP contribution in [-0.4, -0.2) is 58.8 Å². The smallest absolute Gasteiger partial charge is 0.245 e. The minimum absolute atomic E-state index is 0.190. The number of amides is 2. The molecule has 3 unspecified atom stereocenters. The maximum absolute atomic E-state index is 13.0. The summed E-state index contributed by atoms with van der Waals surface area (Å²) >= 11 is 1.91. The Balaban J connectivity index is 1.59. The van der Waals surface area contributed by atoms with Crippen molar-refractivity contribution in [3.05, 3.63) is 0 Å². The third kappa shape index (κ3) is 4.72. The molecule has 0 radical (unpaired) electrons. The van der Waals surface area contributed by atoms with E-state index >= 15 is 0 Å². The molecule has 1 aliphatic carbocycles. The Labute approximate surface area is 157 Å². The van der Waals surface area contributed by atoms with Crippen molar-refractivity contribution in [2.24, 2.45) is 17.3 Å². The van der Waals surface area contributed by atoms with Crippen LogP contribution < -0.4 is 0 Å². The first-order valence-corrected chi connectivity index (χ1v) is 11.2. The Morgan fingerprint density at radius 2 is 1.84 bits per heavy atom. The van der Waals surface area contributed by atoms with Gasteiger partial charge < -0.3 is 9.80 Å². The molecule has 2 amide bonds. The van der Waals surface area contributed by atoms with Gasteiger partial charge in [-0.25, -0.2) is 0 Å². The predicted octanol–water partition coefficient (Wildman–Crippen LogP) is 3.41. The monoisotopic (exact) mass is 366 g/mol. The molecular formula is C20H34N2O2S. The second-order valence-electron chi connectivity index (χ2n) is 9.17. The lowest BCUT2D eigenvalue weighted by atomic mass is 9.67. The van der Waals surface area contributed by atoms with Crippen LogP contribution in [0.4, 0.5) is 0 Å². The van der Waals surface area contributed by atoms with Gasteiger partial charge in [0.05, 0.1) is 0 Å². The maximum Gasteiger partial charge on any atom is 0.245 e. The number of nitrogens with zero attached hydrogens (tertiary/aromatic N) is 2. The lowest BCUT2D eigenvalue weighted by Crippen LogP contribution is -2.50. The van der Waals surface area contributed by atoms with Gasteiger partial charge in [0.25, 0.3) is 0 Å². The van der Waals surface area contributed by atoms with Gasteiger partial charge in [0.2, 0.25) is 11.8 Å². The highest BCUT2D eigenvalue weighted by atomic mass is 32.2. The highest BCUT2D eigenvalue weighted by molar-refractivity contribution is 7.99. The number of likely N-dealkylation sites (tertiary alicyclic amines) is 1. The molecule has 3 aliphatic rings. The Kier molecular flexibility index (Phi) is 6.02. The fraction of sp³-hybridized carbons (Fsp3) is 0.900. The van der Waals surface area contributed by atoms with Crippen molar-refractivity contribution in [3.8, 4) is 0 Å². The van der Waals surface area contributed by atoms with E-state index in [4.69, 9.17) is 0 Å². The molecule has 0 aromatic rings. The van der Waals surface area contributed by atoms with Gasteiger partial charge in [-0.05, 0) is 49.4 Å². The number of thioether (sulfide) groups is 1. The molecule has 3 fully saturated rings. The lowest BCUT2D eigenvalue weighted by molar-refractivity contribution is -0.144. The van der Waals surface area contributed by atoms with Crippen LogP contribution in [0.2, 0.25) is 0 Å². The van der Waals surface area contributed by atoms with E-state index in [-0.39, 0.29) is 17.9 Å². The van der Waals surface area contributed by atoms with Crippen LogP contribution in [0.1, 0.15) is 59.3 Å². The van der Waals surface area contributed by atoms with Crippen LogP contribution in [0.15, 0.2) is 0 Å². The molecule has 1 saturated carbocycles. The van der Waals surface area contributed by atoms with Gasteiger partial charge in [0.15, 0.2) is 0 Å².